The minimum absolute atomic E-state index is 0.178. The Kier molecular flexibility index (Phi) is 5.99. The highest BCUT2D eigenvalue weighted by Gasteiger charge is 2.50. The van der Waals surface area contributed by atoms with E-state index in [4.69, 9.17) is 11.6 Å². The van der Waals surface area contributed by atoms with Gasteiger partial charge in [0.25, 0.3) is 10.0 Å². The van der Waals surface area contributed by atoms with Crippen LogP contribution in [0.3, 0.4) is 0 Å². The van der Waals surface area contributed by atoms with E-state index >= 15 is 4.39 Å². The summed E-state index contributed by atoms with van der Waals surface area (Å²) in [6.07, 6.45) is 7.09. The smallest absolute Gasteiger partial charge is 0.266 e. The molecule has 2 aliphatic heterocycles. The van der Waals surface area contributed by atoms with Crippen LogP contribution in [0.15, 0.2) is 35.2 Å². The summed E-state index contributed by atoms with van der Waals surface area (Å²) < 4.78 is 55.9. The van der Waals surface area contributed by atoms with Crippen LogP contribution in [0.1, 0.15) is 38.5 Å². The van der Waals surface area contributed by atoms with Gasteiger partial charge in [-0.15, -0.1) is 0 Å². The molecule has 1 aliphatic carbocycles. The fourth-order valence-electron chi connectivity index (χ4n) is 5.95. The topological polar surface area (TPSA) is 65.5 Å². The molecule has 10 heteroatoms. The summed E-state index contributed by atoms with van der Waals surface area (Å²) in [4.78, 5) is 7.60. The van der Waals surface area contributed by atoms with Crippen LogP contribution in [0.5, 0.6) is 0 Å². The first-order chi connectivity index (χ1) is 15.8. The van der Waals surface area contributed by atoms with Gasteiger partial charge in [0.15, 0.2) is 0 Å². The highest BCUT2D eigenvalue weighted by atomic mass is 35.5. The van der Waals surface area contributed by atoms with Crippen molar-refractivity contribution in [2.75, 3.05) is 35.8 Å². The lowest BCUT2D eigenvalue weighted by Crippen LogP contribution is -2.44. The first-order valence-electron chi connectivity index (χ1n) is 11.4. The Morgan fingerprint density at radius 3 is 2.64 bits per heavy atom. The van der Waals surface area contributed by atoms with Crippen molar-refractivity contribution in [2.24, 2.45) is 5.41 Å². The Morgan fingerprint density at radius 1 is 1.09 bits per heavy atom. The number of sulfonamides is 1. The van der Waals surface area contributed by atoms with Crippen LogP contribution < -0.4 is 9.62 Å². The number of pyridine rings is 1. The van der Waals surface area contributed by atoms with E-state index in [-0.39, 0.29) is 16.3 Å². The van der Waals surface area contributed by atoms with Crippen LogP contribution in [0.2, 0.25) is 5.02 Å². The minimum Gasteiger partial charge on any atom is -0.370 e. The Balaban J connectivity index is 1.38. The number of anilines is 2. The number of aromatic nitrogens is 1. The van der Waals surface area contributed by atoms with Crippen LogP contribution in [0.4, 0.5) is 20.3 Å². The van der Waals surface area contributed by atoms with Crippen LogP contribution >= 0.6 is 11.6 Å². The number of hydrogen-bond acceptors (Lipinski definition) is 5. The summed E-state index contributed by atoms with van der Waals surface area (Å²) >= 11 is 6.49. The van der Waals surface area contributed by atoms with E-state index in [1.54, 1.807) is 0 Å². The molecule has 178 valence electrons. The van der Waals surface area contributed by atoms with Gasteiger partial charge in [-0.3, -0.25) is 9.62 Å². The van der Waals surface area contributed by atoms with E-state index in [1.807, 2.05) is 0 Å². The van der Waals surface area contributed by atoms with Crippen LogP contribution in [0, 0.1) is 17.2 Å². The van der Waals surface area contributed by atoms with Crippen molar-refractivity contribution in [2.45, 2.75) is 49.5 Å². The summed E-state index contributed by atoms with van der Waals surface area (Å²) in [6, 6.07) is 6.58. The maximum Gasteiger partial charge on any atom is 0.266 e. The van der Waals surface area contributed by atoms with Crippen molar-refractivity contribution in [1.82, 2.24) is 9.88 Å². The molecule has 3 fully saturated rings. The van der Waals surface area contributed by atoms with Gasteiger partial charge < -0.3 is 4.90 Å². The standard InChI is InChI=1S/C23H27ClF2N4O2S/c24-16-13-19(33(31,32)28-22-7-3-6-21(26)27-22)17(25)14-18(16)30-12-9-23(15-30)8-4-5-20(23)29-10-1-2-11-29/h3,6-7,13-14,20H,1-2,4-5,8-12,15H2,(H,27,28)/t20-,23+/m1/s1. The molecule has 6 nitrogen and oxygen atoms in total. The largest absolute Gasteiger partial charge is 0.370 e. The number of hydrogen-bond donors (Lipinski definition) is 1. The van der Waals surface area contributed by atoms with E-state index in [9.17, 15) is 12.8 Å². The Hall–Kier alpha value is -1.97. The van der Waals surface area contributed by atoms with Gasteiger partial charge in [0.1, 0.15) is 16.5 Å². The molecular formula is C23H27ClF2N4O2S. The Bertz CT molecular complexity index is 1160. The van der Waals surface area contributed by atoms with Crippen LogP contribution in [-0.4, -0.2) is 50.5 Å². The van der Waals surface area contributed by atoms with E-state index in [2.05, 4.69) is 19.5 Å². The van der Waals surface area contributed by atoms with E-state index in [0.29, 0.717) is 11.7 Å². The van der Waals surface area contributed by atoms with Crippen LogP contribution in [0.25, 0.3) is 0 Å². The number of benzene rings is 1. The summed E-state index contributed by atoms with van der Waals surface area (Å²) in [5.74, 6) is -1.97. The molecule has 2 atom stereocenters. The van der Waals surface area contributed by atoms with Crippen molar-refractivity contribution in [3.8, 4) is 0 Å². The van der Waals surface area contributed by atoms with Gasteiger partial charge in [0, 0.05) is 30.6 Å². The van der Waals surface area contributed by atoms with E-state index in [1.165, 1.54) is 43.9 Å². The van der Waals surface area contributed by atoms with Gasteiger partial charge in [0.2, 0.25) is 5.95 Å². The molecule has 1 saturated carbocycles. The third-order valence-corrected chi connectivity index (χ3v) is 9.08. The van der Waals surface area contributed by atoms with Crippen molar-refractivity contribution in [3.05, 3.63) is 47.1 Å². The quantitative estimate of drug-likeness (QED) is 0.610. The molecule has 33 heavy (non-hydrogen) atoms. The third-order valence-electron chi connectivity index (χ3n) is 7.41. The molecule has 0 amide bonds. The molecule has 5 rings (SSSR count). The molecule has 1 spiro atoms. The molecule has 1 aromatic heterocycles. The highest BCUT2D eigenvalue weighted by Crippen LogP contribution is 2.50. The van der Waals surface area contributed by atoms with Crippen molar-refractivity contribution in [3.63, 3.8) is 0 Å². The minimum atomic E-state index is -4.33. The van der Waals surface area contributed by atoms with Crippen molar-refractivity contribution < 1.29 is 17.2 Å². The maximum absolute atomic E-state index is 15.0. The number of rotatable bonds is 5. The summed E-state index contributed by atoms with van der Waals surface area (Å²) in [5, 5.41) is 0.178. The molecular weight excluding hydrogens is 470 g/mol. The van der Waals surface area contributed by atoms with Crippen molar-refractivity contribution in [1.29, 1.82) is 0 Å². The van der Waals surface area contributed by atoms with Gasteiger partial charge >= 0.3 is 0 Å². The fraction of sp³-hybridized carbons (Fsp3) is 0.522. The SMILES string of the molecule is O=S(=O)(Nc1cccc(F)n1)c1cc(Cl)c(N2CC[C@@]3(CCC[C@H]3N3CCCC3)C2)cc1F. The average molecular weight is 497 g/mol. The monoisotopic (exact) mass is 496 g/mol. The second-order valence-corrected chi connectivity index (χ2v) is 11.4. The normalized spacial score (nSPS) is 25.9. The summed E-state index contributed by atoms with van der Waals surface area (Å²) in [5.41, 5.74) is 0.695. The lowest BCUT2D eigenvalue weighted by Gasteiger charge is -2.38. The number of nitrogens with one attached hydrogen (secondary N) is 1. The van der Waals surface area contributed by atoms with Gasteiger partial charge in [-0.2, -0.15) is 4.39 Å². The lowest BCUT2D eigenvalue weighted by molar-refractivity contribution is 0.126. The molecule has 3 aliphatic rings. The van der Waals surface area contributed by atoms with E-state index < -0.39 is 26.7 Å². The first kappa shape index (κ1) is 22.8. The van der Waals surface area contributed by atoms with Crippen molar-refractivity contribution >= 4 is 33.1 Å². The third kappa shape index (κ3) is 4.31. The number of likely N-dealkylation sites (tertiary alicyclic amines) is 1. The lowest BCUT2D eigenvalue weighted by atomic mass is 9.81. The predicted molar refractivity (Wildman–Crippen MR) is 124 cm³/mol. The molecule has 0 unspecified atom stereocenters. The zero-order valence-corrected chi connectivity index (χ0v) is 19.8. The number of halogens is 3. The van der Waals surface area contributed by atoms with Gasteiger partial charge in [-0.1, -0.05) is 24.1 Å². The molecule has 1 N–H and O–H groups in total. The zero-order chi connectivity index (χ0) is 23.2. The second-order valence-electron chi connectivity index (χ2n) is 9.37. The molecule has 2 aromatic rings. The molecule has 1 aromatic carbocycles. The predicted octanol–water partition coefficient (Wildman–Crippen LogP) is 4.66. The maximum atomic E-state index is 15.0. The number of nitrogens with zero attached hydrogens (tertiary/aromatic N) is 3. The first-order valence-corrected chi connectivity index (χ1v) is 13.3. The summed E-state index contributed by atoms with van der Waals surface area (Å²) in [7, 11) is -4.33. The molecule has 2 saturated heterocycles. The van der Waals surface area contributed by atoms with Gasteiger partial charge in [0.05, 0.1) is 10.7 Å². The molecule has 0 radical (unpaired) electrons. The van der Waals surface area contributed by atoms with E-state index in [0.717, 1.165) is 51.2 Å². The summed E-state index contributed by atoms with van der Waals surface area (Å²) in [6.45, 7) is 3.87. The van der Waals surface area contributed by atoms with Crippen LogP contribution in [-0.2, 0) is 10.0 Å². The molecule has 3 heterocycles. The zero-order valence-electron chi connectivity index (χ0n) is 18.2. The van der Waals surface area contributed by atoms with Gasteiger partial charge in [-0.05, 0) is 63.4 Å². The second kappa shape index (κ2) is 8.67. The average Bonchev–Trinajstić information content (AvgIpc) is 3.51. The Labute approximate surface area is 198 Å². The van der Waals surface area contributed by atoms with Gasteiger partial charge in [-0.25, -0.2) is 17.8 Å². The Morgan fingerprint density at radius 2 is 1.88 bits per heavy atom. The fourth-order valence-corrected chi connectivity index (χ4v) is 7.38. The highest BCUT2D eigenvalue weighted by molar-refractivity contribution is 7.92. The molecule has 0 bridgehead atoms.